The summed E-state index contributed by atoms with van der Waals surface area (Å²) >= 11 is 6.39. The Hall–Kier alpha value is -4.07. The van der Waals surface area contributed by atoms with E-state index < -0.39 is 5.97 Å². The molecule has 4 N–H and O–H groups in total. The van der Waals surface area contributed by atoms with Crippen LogP contribution < -0.4 is 11.1 Å². The summed E-state index contributed by atoms with van der Waals surface area (Å²) in [5, 5.41) is 12.9. The molecule has 8 heteroatoms. The first kappa shape index (κ1) is 24.1. The summed E-state index contributed by atoms with van der Waals surface area (Å²) < 4.78 is 0. The molecule has 5 rings (SSSR count). The van der Waals surface area contributed by atoms with E-state index in [-0.39, 0.29) is 13.0 Å². The van der Waals surface area contributed by atoms with Crippen LogP contribution in [0.4, 0.5) is 11.6 Å². The molecule has 1 aliphatic heterocycles. The van der Waals surface area contributed by atoms with Gasteiger partial charge in [0.1, 0.15) is 0 Å². The normalized spacial score (nSPS) is 11.9. The Morgan fingerprint density at radius 3 is 2.54 bits per heavy atom. The summed E-state index contributed by atoms with van der Waals surface area (Å²) in [4.78, 5) is 25.3. The van der Waals surface area contributed by atoms with Crippen LogP contribution in [0.2, 0.25) is 5.02 Å². The van der Waals surface area contributed by atoms with Crippen LogP contribution in [-0.4, -0.2) is 26.8 Å². The second-order valence-electron chi connectivity index (χ2n) is 7.79. The van der Waals surface area contributed by atoms with E-state index in [1.165, 1.54) is 12.1 Å². The summed E-state index contributed by atoms with van der Waals surface area (Å²) in [7, 11) is 0. The third-order valence-corrected chi connectivity index (χ3v) is 5.88. The number of nitrogens with zero attached hydrogens (tertiary/aromatic N) is 3. The summed E-state index contributed by atoms with van der Waals surface area (Å²) in [6, 6.07) is 20.0. The molecule has 0 fully saturated rings. The first-order valence-electron chi connectivity index (χ1n) is 10.6. The molecule has 0 bridgehead atoms. The molecule has 3 aromatic carbocycles. The van der Waals surface area contributed by atoms with Crippen molar-refractivity contribution >= 4 is 34.9 Å². The van der Waals surface area contributed by atoms with Gasteiger partial charge < -0.3 is 16.2 Å². The van der Waals surface area contributed by atoms with Gasteiger partial charge in [-0.15, -0.1) is 0 Å². The van der Waals surface area contributed by atoms with E-state index in [2.05, 4.69) is 10.3 Å². The fourth-order valence-corrected chi connectivity index (χ4v) is 4.14. The lowest BCUT2D eigenvalue weighted by atomic mass is 9.93. The van der Waals surface area contributed by atoms with Crippen LogP contribution in [0.3, 0.4) is 0 Å². The van der Waals surface area contributed by atoms with E-state index in [1.807, 2.05) is 42.5 Å². The number of hydrogen-bond acceptors (Lipinski definition) is 6. The van der Waals surface area contributed by atoms with E-state index in [4.69, 9.17) is 32.4 Å². The third kappa shape index (κ3) is 4.77. The predicted molar refractivity (Wildman–Crippen MR) is 140 cm³/mol. The summed E-state index contributed by atoms with van der Waals surface area (Å²) in [6.45, 7) is 0.802. The molecular formula is C27H24ClN5O2. The number of rotatable bonds is 5. The first-order chi connectivity index (χ1) is 16.5. The van der Waals surface area contributed by atoms with Gasteiger partial charge in [0.25, 0.3) is 0 Å². The maximum Gasteiger partial charge on any atom is 0.335 e. The number of carboxylic acids is 1. The van der Waals surface area contributed by atoms with Gasteiger partial charge >= 0.3 is 5.97 Å². The van der Waals surface area contributed by atoms with Crippen LogP contribution in [0.15, 0.2) is 77.9 Å². The zero-order chi connectivity index (χ0) is 23.7. The van der Waals surface area contributed by atoms with Gasteiger partial charge in [-0.05, 0) is 42.0 Å². The number of benzene rings is 3. The monoisotopic (exact) mass is 485 g/mol. The first-order valence-corrected chi connectivity index (χ1v) is 11.0. The van der Waals surface area contributed by atoms with E-state index in [9.17, 15) is 4.79 Å². The van der Waals surface area contributed by atoms with Crippen molar-refractivity contribution in [2.24, 2.45) is 10.7 Å². The van der Waals surface area contributed by atoms with Crippen molar-refractivity contribution in [2.45, 2.75) is 20.5 Å². The number of aromatic carboxylic acids is 1. The van der Waals surface area contributed by atoms with Crippen LogP contribution in [0.5, 0.6) is 0 Å². The second kappa shape index (κ2) is 10.0. The second-order valence-corrected chi connectivity index (χ2v) is 8.23. The molecule has 0 saturated heterocycles. The molecule has 0 saturated carbocycles. The number of nitrogens with two attached hydrogens (primary N) is 1. The van der Waals surface area contributed by atoms with E-state index in [0.29, 0.717) is 29.7 Å². The highest BCUT2D eigenvalue weighted by Gasteiger charge is 2.22. The number of anilines is 2. The molecule has 7 nitrogen and oxygen atoms in total. The number of nitrogens with one attached hydrogen (secondary N) is 1. The molecule has 0 amide bonds. The van der Waals surface area contributed by atoms with Crippen molar-refractivity contribution in [2.75, 3.05) is 5.32 Å². The topological polar surface area (TPSA) is 113 Å². The van der Waals surface area contributed by atoms with Crippen molar-refractivity contribution in [3.63, 3.8) is 0 Å². The average Bonchev–Trinajstić information content (AvgIpc) is 3.00. The molecule has 2 heterocycles. The largest absolute Gasteiger partial charge is 0.478 e. The van der Waals surface area contributed by atoms with E-state index >= 15 is 0 Å². The Labute approximate surface area is 208 Å². The minimum absolute atomic E-state index is 0. The highest BCUT2D eigenvalue weighted by Crippen LogP contribution is 2.34. The Morgan fingerprint density at radius 1 is 1.03 bits per heavy atom. The van der Waals surface area contributed by atoms with Crippen LogP contribution in [-0.2, 0) is 13.1 Å². The Morgan fingerprint density at radius 2 is 1.80 bits per heavy atom. The number of aromatic nitrogens is 2. The van der Waals surface area contributed by atoms with Crippen molar-refractivity contribution in [3.8, 4) is 11.3 Å². The van der Waals surface area contributed by atoms with Crippen LogP contribution >= 0.6 is 11.6 Å². The molecule has 35 heavy (non-hydrogen) atoms. The quantitative estimate of drug-likeness (QED) is 0.335. The standard InChI is InChI=1S/C26H20ClN5O2.CH4/c27-18-7-10-21-22(11-18)24(20-4-2-1-3-16(20)12-28)29-13-17-14-30-26(32-23(17)21)31-19-8-5-15(6-9-19)25(33)34;/h1-11,14H,12-13,28H2,(H,33,34)(H,30,31,32);1H4. The van der Waals surface area contributed by atoms with Crippen molar-refractivity contribution < 1.29 is 9.90 Å². The van der Waals surface area contributed by atoms with E-state index in [0.717, 1.165) is 39.2 Å². The van der Waals surface area contributed by atoms with Crippen molar-refractivity contribution in [3.05, 3.63) is 106 Å². The smallest absolute Gasteiger partial charge is 0.335 e. The van der Waals surface area contributed by atoms with Crippen LogP contribution in [0.25, 0.3) is 11.3 Å². The van der Waals surface area contributed by atoms with Gasteiger partial charge in [-0.3, -0.25) is 4.99 Å². The maximum absolute atomic E-state index is 11.1. The zero-order valence-corrected chi connectivity index (χ0v) is 18.8. The summed E-state index contributed by atoms with van der Waals surface area (Å²) in [6.07, 6.45) is 1.76. The molecule has 0 spiro atoms. The SMILES string of the molecule is C.NCc1ccccc1C1=NCc2cnc(Nc3ccc(C(=O)O)cc3)nc2-c2ccc(Cl)cc21. The molecule has 176 valence electrons. The number of hydrogen-bond donors (Lipinski definition) is 3. The highest BCUT2D eigenvalue weighted by molar-refractivity contribution is 6.31. The van der Waals surface area contributed by atoms with Gasteiger partial charge in [-0.1, -0.05) is 49.4 Å². The summed E-state index contributed by atoms with van der Waals surface area (Å²) in [5.74, 6) is -0.580. The van der Waals surface area contributed by atoms with Gasteiger partial charge in [0.15, 0.2) is 0 Å². The van der Waals surface area contributed by atoms with Crippen molar-refractivity contribution in [1.29, 1.82) is 0 Å². The molecule has 0 atom stereocenters. The van der Waals surface area contributed by atoms with Gasteiger partial charge in [0.2, 0.25) is 5.95 Å². The van der Waals surface area contributed by atoms with Crippen LogP contribution in [0, 0.1) is 0 Å². The minimum atomic E-state index is -0.977. The fraction of sp³-hybridized carbons (Fsp3) is 0.111. The Kier molecular flexibility index (Phi) is 6.91. The molecular weight excluding hydrogens is 462 g/mol. The Balaban J connectivity index is 0.00000289. The number of carboxylic acid groups (broad SMARTS) is 1. The molecule has 0 radical (unpaired) electrons. The Bertz CT molecular complexity index is 1430. The lowest BCUT2D eigenvalue weighted by molar-refractivity contribution is 0.0697. The van der Waals surface area contributed by atoms with Crippen molar-refractivity contribution in [1.82, 2.24) is 9.97 Å². The average molecular weight is 486 g/mol. The highest BCUT2D eigenvalue weighted by atomic mass is 35.5. The van der Waals surface area contributed by atoms with Crippen LogP contribution in [0.1, 0.15) is 40.0 Å². The zero-order valence-electron chi connectivity index (χ0n) is 18.0. The maximum atomic E-state index is 11.1. The lowest BCUT2D eigenvalue weighted by Crippen LogP contribution is -2.10. The fourth-order valence-electron chi connectivity index (χ4n) is 3.97. The molecule has 0 unspecified atom stereocenters. The number of fused-ring (bicyclic) bond motifs is 3. The summed E-state index contributed by atoms with van der Waals surface area (Å²) in [5.41, 5.74) is 13.1. The van der Waals surface area contributed by atoms with Gasteiger partial charge in [0.05, 0.1) is 23.5 Å². The number of aliphatic imine (C=N–C) groups is 1. The molecule has 4 aromatic rings. The van der Waals surface area contributed by atoms with E-state index in [1.54, 1.807) is 18.3 Å². The number of halogens is 1. The van der Waals surface area contributed by atoms with Gasteiger partial charge in [0, 0.05) is 45.7 Å². The molecule has 0 aliphatic carbocycles. The third-order valence-electron chi connectivity index (χ3n) is 5.64. The van der Waals surface area contributed by atoms with Gasteiger partial charge in [-0.25, -0.2) is 14.8 Å². The van der Waals surface area contributed by atoms with Gasteiger partial charge in [-0.2, -0.15) is 0 Å². The molecule has 1 aliphatic rings. The lowest BCUT2D eigenvalue weighted by Gasteiger charge is -2.14. The number of carbonyl (C=O) groups is 1. The minimum Gasteiger partial charge on any atom is -0.478 e. The predicted octanol–water partition coefficient (Wildman–Crippen LogP) is 5.68. The molecule has 1 aromatic heterocycles.